The van der Waals surface area contributed by atoms with Gasteiger partial charge in [0.2, 0.25) is 0 Å². The number of nitrogens with one attached hydrogen (secondary N) is 1. The summed E-state index contributed by atoms with van der Waals surface area (Å²) in [6, 6.07) is 8.35. The first-order chi connectivity index (χ1) is 13.7. The highest BCUT2D eigenvalue weighted by molar-refractivity contribution is 5.51. The van der Waals surface area contributed by atoms with Crippen molar-refractivity contribution < 1.29 is 9.47 Å². The highest BCUT2D eigenvalue weighted by Crippen LogP contribution is 2.41. The zero-order valence-electron chi connectivity index (χ0n) is 16.5. The molecule has 0 amide bonds. The van der Waals surface area contributed by atoms with E-state index >= 15 is 0 Å². The van der Waals surface area contributed by atoms with E-state index in [9.17, 15) is 0 Å². The van der Waals surface area contributed by atoms with Gasteiger partial charge in [-0.15, -0.1) is 0 Å². The molecule has 0 bridgehead atoms. The van der Waals surface area contributed by atoms with E-state index in [-0.39, 0.29) is 6.04 Å². The van der Waals surface area contributed by atoms with Crippen molar-refractivity contribution in [1.82, 2.24) is 25.1 Å². The smallest absolute Gasteiger partial charge is 0.161 e. The molecule has 1 aromatic carbocycles. The molecule has 0 saturated heterocycles. The Labute approximate surface area is 164 Å². The molecule has 4 rings (SSSR count). The summed E-state index contributed by atoms with van der Waals surface area (Å²) in [7, 11) is 3.35. The van der Waals surface area contributed by atoms with Gasteiger partial charge in [-0.1, -0.05) is 13.0 Å². The first kappa shape index (κ1) is 18.4. The van der Waals surface area contributed by atoms with E-state index in [2.05, 4.69) is 50.2 Å². The first-order valence-corrected chi connectivity index (χ1v) is 9.52. The van der Waals surface area contributed by atoms with Crippen molar-refractivity contribution in [3.05, 3.63) is 65.0 Å². The molecule has 146 valence electrons. The lowest BCUT2D eigenvalue weighted by atomic mass is 9.88. The van der Waals surface area contributed by atoms with E-state index in [0.29, 0.717) is 6.54 Å². The van der Waals surface area contributed by atoms with Gasteiger partial charge in [-0.25, -0.2) is 4.98 Å². The molecule has 0 aliphatic carbocycles. The molecule has 3 heterocycles. The molecular formula is C21H25N5O2. The van der Waals surface area contributed by atoms with Gasteiger partial charge in [0.05, 0.1) is 26.8 Å². The van der Waals surface area contributed by atoms with Crippen molar-refractivity contribution in [3.63, 3.8) is 0 Å². The Morgan fingerprint density at radius 2 is 2.04 bits per heavy atom. The lowest BCUT2D eigenvalue weighted by molar-refractivity contribution is 0.198. The zero-order valence-corrected chi connectivity index (χ0v) is 16.5. The lowest BCUT2D eigenvalue weighted by Crippen LogP contribution is -2.36. The number of rotatable bonds is 6. The van der Waals surface area contributed by atoms with Crippen LogP contribution in [0.15, 0.2) is 36.7 Å². The monoisotopic (exact) mass is 379 g/mol. The van der Waals surface area contributed by atoms with Crippen LogP contribution in [0.5, 0.6) is 11.5 Å². The maximum atomic E-state index is 5.57. The Bertz CT molecular complexity index is 941. The third-order valence-corrected chi connectivity index (χ3v) is 5.22. The molecule has 7 nitrogen and oxygen atoms in total. The number of fused-ring (bicyclic) bond motifs is 1. The van der Waals surface area contributed by atoms with Crippen LogP contribution >= 0.6 is 0 Å². The van der Waals surface area contributed by atoms with E-state index in [1.54, 1.807) is 20.4 Å². The number of methoxy groups -OCH3 is 2. The normalized spacial score (nSPS) is 16.6. The summed E-state index contributed by atoms with van der Waals surface area (Å²) >= 11 is 0. The molecule has 1 unspecified atom stereocenters. The van der Waals surface area contributed by atoms with Crippen LogP contribution in [0.1, 0.15) is 41.3 Å². The number of hydrogen-bond donors (Lipinski definition) is 1. The summed E-state index contributed by atoms with van der Waals surface area (Å²) in [5.41, 5.74) is 3.63. The Balaban J connectivity index is 1.76. The van der Waals surface area contributed by atoms with E-state index in [1.807, 2.05) is 12.3 Å². The molecular weight excluding hydrogens is 354 g/mol. The van der Waals surface area contributed by atoms with Crippen LogP contribution in [0.2, 0.25) is 0 Å². The molecule has 28 heavy (non-hydrogen) atoms. The number of ether oxygens (including phenoxy) is 2. The molecule has 3 aromatic rings. The minimum Gasteiger partial charge on any atom is -0.493 e. The molecule has 1 aliphatic rings. The predicted molar refractivity (Wildman–Crippen MR) is 106 cm³/mol. The van der Waals surface area contributed by atoms with E-state index in [4.69, 9.17) is 9.47 Å². The quantitative estimate of drug-likeness (QED) is 0.710. The molecule has 0 saturated carbocycles. The van der Waals surface area contributed by atoms with Crippen molar-refractivity contribution in [1.29, 1.82) is 0 Å². The van der Waals surface area contributed by atoms with Crippen LogP contribution in [-0.2, 0) is 19.4 Å². The molecule has 7 heteroatoms. The molecule has 0 fully saturated rings. The highest BCUT2D eigenvalue weighted by atomic mass is 16.5. The SMILES string of the molecule is CCc1n[nH]c(CN2CCc3cc(OC)c(OC)cc3C2c2cccnc2)n1. The predicted octanol–water partition coefficient (Wildman–Crippen LogP) is 2.93. The fourth-order valence-electron chi connectivity index (χ4n) is 3.85. The van der Waals surface area contributed by atoms with Crippen molar-refractivity contribution >= 4 is 0 Å². The molecule has 2 aromatic heterocycles. The third-order valence-electron chi connectivity index (χ3n) is 5.22. The van der Waals surface area contributed by atoms with Crippen LogP contribution in [0.25, 0.3) is 0 Å². The minimum atomic E-state index is 0.0624. The molecule has 1 N–H and O–H groups in total. The third kappa shape index (κ3) is 3.45. The summed E-state index contributed by atoms with van der Waals surface area (Å²) in [6.45, 7) is 3.66. The molecule has 1 aliphatic heterocycles. The molecule has 0 radical (unpaired) electrons. The van der Waals surface area contributed by atoms with Crippen molar-refractivity contribution in [2.24, 2.45) is 0 Å². The van der Waals surface area contributed by atoms with Crippen LogP contribution in [-0.4, -0.2) is 45.8 Å². The lowest BCUT2D eigenvalue weighted by Gasteiger charge is -2.37. The molecule has 1 atom stereocenters. The molecule has 0 spiro atoms. The van der Waals surface area contributed by atoms with Gasteiger partial charge in [0.15, 0.2) is 11.5 Å². The maximum Gasteiger partial charge on any atom is 0.161 e. The topological polar surface area (TPSA) is 76.2 Å². The second-order valence-corrected chi connectivity index (χ2v) is 6.87. The number of hydrogen-bond acceptors (Lipinski definition) is 6. The summed E-state index contributed by atoms with van der Waals surface area (Å²) in [5, 5.41) is 7.36. The van der Waals surface area contributed by atoms with Gasteiger partial charge >= 0.3 is 0 Å². The van der Waals surface area contributed by atoms with Crippen LogP contribution < -0.4 is 9.47 Å². The van der Waals surface area contributed by atoms with Gasteiger partial charge in [0.1, 0.15) is 11.6 Å². The van der Waals surface area contributed by atoms with Gasteiger partial charge < -0.3 is 9.47 Å². The van der Waals surface area contributed by atoms with Crippen LogP contribution in [0, 0.1) is 0 Å². The average Bonchev–Trinajstić information content (AvgIpc) is 3.20. The Kier molecular flexibility index (Phi) is 5.25. The number of nitrogens with zero attached hydrogens (tertiary/aromatic N) is 4. The van der Waals surface area contributed by atoms with Crippen molar-refractivity contribution in [3.8, 4) is 11.5 Å². The number of aromatic amines is 1. The van der Waals surface area contributed by atoms with E-state index in [0.717, 1.165) is 48.1 Å². The number of pyridine rings is 1. The van der Waals surface area contributed by atoms with Gasteiger partial charge in [0.25, 0.3) is 0 Å². The van der Waals surface area contributed by atoms with Crippen molar-refractivity contribution in [2.45, 2.75) is 32.4 Å². The summed E-state index contributed by atoms with van der Waals surface area (Å²) in [5.74, 6) is 3.23. The number of H-pyrrole nitrogens is 1. The largest absolute Gasteiger partial charge is 0.493 e. The second kappa shape index (κ2) is 7.98. The Morgan fingerprint density at radius 1 is 1.21 bits per heavy atom. The average molecular weight is 379 g/mol. The fourth-order valence-corrected chi connectivity index (χ4v) is 3.85. The van der Waals surface area contributed by atoms with E-state index in [1.165, 1.54) is 11.1 Å². The standard InChI is InChI=1S/C21H25N5O2/c1-4-19-23-20(25-24-19)13-26-9-7-14-10-17(27-2)18(28-3)11-16(14)21(26)15-6-5-8-22-12-15/h5-6,8,10-12,21H,4,7,9,13H2,1-3H3,(H,23,24,25). The van der Waals surface area contributed by atoms with Gasteiger partial charge in [-0.3, -0.25) is 15.0 Å². The summed E-state index contributed by atoms with van der Waals surface area (Å²) < 4.78 is 11.1. The second-order valence-electron chi connectivity index (χ2n) is 6.87. The maximum absolute atomic E-state index is 5.57. The number of benzene rings is 1. The summed E-state index contributed by atoms with van der Waals surface area (Å²) in [4.78, 5) is 11.4. The summed E-state index contributed by atoms with van der Waals surface area (Å²) in [6.07, 6.45) is 5.49. The highest BCUT2D eigenvalue weighted by Gasteiger charge is 2.31. The van der Waals surface area contributed by atoms with Crippen LogP contribution in [0.4, 0.5) is 0 Å². The van der Waals surface area contributed by atoms with E-state index < -0.39 is 0 Å². The number of aromatic nitrogens is 4. The fraction of sp³-hybridized carbons (Fsp3) is 0.381. The Morgan fingerprint density at radius 3 is 2.71 bits per heavy atom. The van der Waals surface area contributed by atoms with Crippen molar-refractivity contribution in [2.75, 3.05) is 20.8 Å². The first-order valence-electron chi connectivity index (χ1n) is 9.52. The van der Waals surface area contributed by atoms with Gasteiger partial charge in [0, 0.05) is 25.4 Å². The zero-order chi connectivity index (χ0) is 19.5. The minimum absolute atomic E-state index is 0.0624. The van der Waals surface area contributed by atoms with Crippen LogP contribution in [0.3, 0.4) is 0 Å². The Hall–Kier alpha value is -2.93. The van der Waals surface area contributed by atoms with Gasteiger partial charge in [-0.2, -0.15) is 5.10 Å². The van der Waals surface area contributed by atoms with Gasteiger partial charge in [-0.05, 0) is 41.3 Å². The number of aryl methyl sites for hydroxylation is 1.